The molecular formula is C9H10BrNO2. The Balaban J connectivity index is 2.87. The number of hydrogen-bond donors (Lipinski definition) is 0. The minimum Gasteiger partial charge on any atom is -0.469 e. The van der Waals surface area contributed by atoms with Gasteiger partial charge in [0.1, 0.15) is 0 Å². The van der Waals surface area contributed by atoms with Gasteiger partial charge in [0.2, 0.25) is 0 Å². The van der Waals surface area contributed by atoms with E-state index in [1.807, 2.05) is 19.1 Å². The van der Waals surface area contributed by atoms with Gasteiger partial charge >= 0.3 is 5.97 Å². The van der Waals surface area contributed by atoms with Crippen LogP contribution in [0.1, 0.15) is 11.4 Å². The topological polar surface area (TPSA) is 39.2 Å². The molecule has 70 valence electrons. The Kier molecular flexibility index (Phi) is 3.42. The van der Waals surface area contributed by atoms with E-state index >= 15 is 0 Å². The van der Waals surface area contributed by atoms with Gasteiger partial charge in [-0.25, -0.2) is 0 Å². The zero-order chi connectivity index (χ0) is 9.84. The Labute approximate surface area is 85.3 Å². The number of carbonyl (C=O) groups is 1. The molecule has 0 amide bonds. The van der Waals surface area contributed by atoms with E-state index < -0.39 is 0 Å². The highest BCUT2D eigenvalue weighted by Crippen LogP contribution is 2.15. The largest absolute Gasteiger partial charge is 0.469 e. The molecule has 13 heavy (non-hydrogen) atoms. The third-order valence-electron chi connectivity index (χ3n) is 1.60. The summed E-state index contributed by atoms with van der Waals surface area (Å²) in [5, 5.41) is 0. The molecule has 0 saturated heterocycles. The number of methoxy groups -OCH3 is 1. The molecule has 0 radical (unpaired) electrons. The third-order valence-corrected chi connectivity index (χ3v) is 2.32. The molecule has 1 aromatic rings. The van der Waals surface area contributed by atoms with E-state index in [1.165, 1.54) is 7.11 Å². The highest BCUT2D eigenvalue weighted by molar-refractivity contribution is 9.10. The van der Waals surface area contributed by atoms with Gasteiger partial charge in [0.15, 0.2) is 0 Å². The zero-order valence-electron chi connectivity index (χ0n) is 7.50. The van der Waals surface area contributed by atoms with Crippen LogP contribution in [-0.2, 0) is 16.0 Å². The number of pyridine rings is 1. The van der Waals surface area contributed by atoms with E-state index in [1.54, 1.807) is 0 Å². The standard InChI is InChI=1S/C9H10BrNO2/c1-6-3-4-7(10)8(11-6)5-9(12)13-2/h3-4H,5H2,1-2H3. The van der Waals surface area contributed by atoms with Crippen molar-refractivity contribution in [3.63, 3.8) is 0 Å². The molecule has 0 aliphatic rings. The van der Waals surface area contributed by atoms with Crippen molar-refractivity contribution < 1.29 is 9.53 Å². The minimum absolute atomic E-state index is 0.207. The van der Waals surface area contributed by atoms with Crippen LogP contribution < -0.4 is 0 Å². The molecule has 0 aromatic carbocycles. The lowest BCUT2D eigenvalue weighted by atomic mass is 10.2. The molecule has 4 heteroatoms. The molecule has 1 heterocycles. The van der Waals surface area contributed by atoms with Gasteiger partial charge in [-0.3, -0.25) is 9.78 Å². The molecule has 1 aromatic heterocycles. The van der Waals surface area contributed by atoms with Crippen LogP contribution >= 0.6 is 15.9 Å². The average molecular weight is 244 g/mol. The fourth-order valence-electron chi connectivity index (χ4n) is 0.926. The SMILES string of the molecule is COC(=O)Cc1nc(C)ccc1Br. The van der Waals surface area contributed by atoms with Crippen molar-refractivity contribution in [2.45, 2.75) is 13.3 Å². The number of hydrogen-bond acceptors (Lipinski definition) is 3. The van der Waals surface area contributed by atoms with Gasteiger partial charge in [0.25, 0.3) is 0 Å². The van der Waals surface area contributed by atoms with Crippen molar-refractivity contribution in [2.24, 2.45) is 0 Å². The molecule has 0 aliphatic carbocycles. The first kappa shape index (κ1) is 10.2. The minimum atomic E-state index is -0.279. The first-order valence-electron chi connectivity index (χ1n) is 3.82. The molecule has 0 atom stereocenters. The van der Waals surface area contributed by atoms with Crippen LogP contribution in [0.15, 0.2) is 16.6 Å². The summed E-state index contributed by atoms with van der Waals surface area (Å²) in [5.41, 5.74) is 1.61. The van der Waals surface area contributed by atoms with Crippen molar-refractivity contribution >= 4 is 21.9 Å². The number of rotatable bonds is 2. The highest BCUT2D eigenvalue weighted by Gasteiger charge is 2.07. The summed E-state index contributed by atoms with van der Waals surface area (Å²) in [6, 6.07) is 3.76. The van der Waals surface area contributed by atoms with Crippen molar-refractivity contribution in [2.75, 3.05) is 7.11 Å². The molecule has 0 unspecified atom stereocenters. The van der Waals surface area contributed by atoms with Crippen LogP contribution in [0, 0.1) is 6.92 Å². The van der Waals surface area contributed by atoms with Crippen molar-refractivity contribution in [1.82, 2.24) is 4.98 Å². The Hall–Kier alpha value is -0.900. The summed E-state index contributed by atoms with van der Waals surface area (Å²) in [4.78, 5) is 15.2. The highest BCUT2D eigenvalue weighted by atomic mass is 79.9. The van der Waals surface area contributed by atoms with Crippen LogP contribution in [0.5, 0.6) is 0 Å². The zero-order valence-corrected chi connectivity index (χ0v) is 9.09. The summed E-state index contributed by atoms with van der Waals surface area (Å²) in [6.07, 6.45) is 0.207. The smallest absolute Gasteiger partial charge is 0.311 e. The second-order valence-electron chi connectivity index (χ2n) is 2.63. The van der Waals surface area contributed by atoms with E-state index in [-0.39, 0.29) is 12.4 Å². The van der Waals surface area contributed by atoms with E-state index in [2.05, 4.69) is 25.7 Å². The molecule has 0 spiro atoms. The molecule has 3 nitrogen and oxygen atoms in total. The van der Waals surface area contributed by atoms with Crippen molar-refractivity contribution in [3.05, 3.63) is 28.0 Å². The van der Waals surface area contributed by atoms with Crippen LogP contribution in [0.2, 0.25) is 0 Å². The maximum atomic E-state index is 11.0. The summed E-state index contributed by atoms with van der Waals surface area (Å²) < 4.78 is 5.39. The molecule has 0 bridgehead atoms. The van der Waals surface area contributed by atoms with Gasteiger partial charge in [0, 0.05) is 10.2 Å². The van der Waals surface area contributed by atoms with E-state index in [4.69, 9.17) is 0 Å². The Morgan fingerprint density at radius 1 is 1.62 bits per heavy atom. The quantitative estimate of drug-likeness (QED) is 0.745. The lowest BCUT2D eigenvalue weighted by molar-refractivity contribution is -0.139. The average Bonchev–Trinajstić information content (AvgIpc) is 2.11. The van der Waals surface area contributed by atoms with Gasteiger partial charge in [-0.1, -0.05) is 0 Å². The van der Waals surface area contributed by atoms with Gasteiger partial charge < -0.3 is 4.74 Å². The molecule has 0 saturated carbocycles. The number of aryl methyl sites for hydroxylation is 1. The summed E-state index contributed by atoms with van der Waals surface area (Å²) in [7, 11) is 1.37. The Morgan fingerprint density at radius 2 is 2.31 bits per heavy atom. The van der Waals surface area contributed by atoms with E-state index in [0.717, 1.165) is 10.2 Å². The predicted molar refractivity (Wildman–Crippen MR) is 52.4 cm³/mol. The summed E-state index contributed by atoms with van der Waals surface area (Å²) >= 11 is 3.32. The van der Waals surface area contributed by atoms with Gasteiger partial charge in [0.05, 0.1) is 19.2 Å². The maximum absolute atomic E-state index is 11.0. The molecule has 0 aliphatic heterocycles. The number of esters is 1. The number of nitrogens with zero attached hydrogens (tertiary/aromatic N) is 1. The van der Waals surface area contributed by atoms with Crippen LogP contribution in [0.3, 0.4) is 0 Å². The van der Waals surface area contributed by atoms with E-state index in [9.17, 15) is 4.79 Å². The van der Waals surface area contributed by atoms with Crippen LogP contribution in [0.25, 0.3) is 0 Å². The van der Waals surface area contributed by atoms with Crippen LogP contribution in [0.4, 0.5) is 0 Å². The van der Waals surface area contributed by atoms with E-state index in [0.29, 0.717) is 5.69 Å². The fourth-order valence-corrected chi connectivity index (χ4v) is 1.29. The summed E-state index contributed by atoms with van der Waals surface area (Å²) in [5.74, 6) is -0.279. The predicted octanol–water partition coefficient (Wildman–Crippen LogP) is 1.87. The molecule has 0 fully saturated rings. The first-order valence-corrected chi connectivity index (χ1v) is 4.61. The van der Waals surface area contributed by atoms with Gasteiger partial charge in [-0.15, -0.1) is 0 Å². The maximum Gasteiger partial charge on any atom is 0.311 e. The Bertz CT molecular complexity index is 325. The number of aromatic nitrogens is 1. The van der Waals surface area contributed by atoms with Gasteiger partial charge in [-0.2, -0.15) is 0 Å². The number of ether oxygens (including phenoxy) is 1. The normalized spacial score (nSPS) is 9.77. The molecule has 0 N–H and O–H groups in total. The van der Waals surface area contributed by atoms with Gasteiger partial charge in [-0.05, 0) is 35.0 Å². The van der Waals surface area contributed by atoms with Crippen molar-refractivity contribution in [1.29, 1.82) is 0 Å². The lowest BCUT2D eigenvalue weighted by Crippen LogP contribution is -2.07. The number of halogens is 1. The second-order valence-corrected chi connectivity index (χ2v) is 3.49. The monoisotopic (exact) mass is 243 g/mol. The van der Waals surface area contributed by atoms with Crippen molar-refractivity contribution in [3.8, 4) is 0 Å². The Morgan fingerprint density at radius 3 is 2.92 bits per heavy atom. The van der Waals surface area contributed by atoms with Crippen LogP contribution in [-0.4, -0.2) is 18.1 Å². The lowest BCUT2D eigenvalue weighted by Gasteiger charge is -2.02. The molecule has 1 rings (SSSR count). The second kappa shape index (κ2) is 4.37. The first-order chi connectivity index (χ1) is 6.13. The fraction of sp³-hybridized carbons (Fsp3) is 0.333. The third kappa shape index (κ3) is 2.81. The summed E-state index contributed by atoms with van der Waals surface area (Å²) in [6.45, 7) is 1.88. The molecular weight excluding hydrogens is 234 g/mol. The number of carbonyl (C=O) groups excluding carboxylic acids is 1.